The van der Waals surface area contributed by atoms with Gasteiger partial charge in [-0.2, -0.15) is 0 Å². The maximum atomic E-state index is 15.5. The highest BCUT2D eigenvalue weighted by atomic mass is 16.6. The lowest BCUT2D eigenvalue weighted by Gasteiger charge is -2.67. The number of ether oxygens (including phenoxy) is 6. The molecule has 2 aromatic carbocycles. The Balaban J connectivity index is 1.58. The number of esters is 4. The van der Waals surface area contributed by atoms with E-state index in [1.54, 1.807) is 69.3 Å². The zero-order valence-electron chi connectivity index (χ0n) is 30.0. The molecule has 13 heteroatoms. The topological polar surface area (TPSA) is 181 Å². The lowest BCUT2D eigenvalue weighted by atomic mass is 9.44. The fourth-order valence-electron chi connectivity index (χ4n) is 8.91. The summed E-state index contributed by atoms with van der Waals surface area (Å²) in [5.74, 6) is -5.14. The van der Waals surface area contributed by atoms with Gasteiger partial charge in [0.05, 0.1) is 29.6 Å². The van der Waals surface area contributed by atoms with Crippen molar-refractivity contribution in [2.24, 2.45) is 16.7 Å². The van der Waals surface area contributed by atoms with Crippen molar-refractivity contribution in [3.63, 3.8) is 0 Å². The first kappa shape index (κ1) is 37.2. The van der Waals surface area contributed by atoms with E-state index in [4.69, 9.17) is 28.4 Å². The molecule has 4 aliphatic rings. The smallest absolute Gasteiger partial charge is 0.344 e. The van der Waals surface area contributed by atoms with Gasteiger partial charge < -0.3 is 38.6 Å². The number of para-hydroxylation sites is 1. The molecule has 13 nitrogen and oxygen atoms in total. The quantitative estimate of drug-likeness (QED) is 0.231. The number of rotatable bonds is 8. The summed E-state index contributed by atoms with van der Waals surface area (Å²) < 4.78 is 35.9. The summed E-state index contributed by atoms with van der Waals surface area (Å²) in [5.41, 5.74) is -6.89. The van der Waals surface area contributed by atoms with Crippen LogP contribution in [0.15, 0.2) is 71.8 Å². The molecule has 0 spiro atoms. The second-order valence-corrected chi connectivity index (χ2v) is 14.8. The lowest BCUT2D eigenvalue weighted by molar-refractivity contribution is -0.346. The highest BCUT2D eigenvalue weighted by Crippen LogP contribution is 2.64. The van der Waals surface area contributed by atoms with E-state index in [0.717, 1.165) is 6.92 Å². The van der Waals surface area contributed by atoms with Crippen molar-refractivity contribution < 1.29 is 62.6 Å². The predicted molar refractivity (Wildman–Crippen MR) is 181 cm³/mol. The van der Waals surface area contributed by atoms with Gasteiger partial charge in [0.1, 0.15) is 29.7 Å². The minimum Gasteiger partial charge on any atom is -0.482 e. The fraction of sp³-hybridized carbons (Fsp3) is 0.513. The molecule has 2 N–H and O–H groups in total. The minimum absolute atomic E-state index is 0.111. The summed E-state index contributed by atoms with van der Waals surface area (Å²) >= 11 is 0. The predicted octanol–water partition coefficient (Wildman–Crippen LogP) is 3.28. The molecule has 0 unspecified atom stereocenters. The third-order valence-corrected chi connectivity index (χ3v) is 11.5. The average Bonchev–Trinajstić information content (AvgIpc) is 3.09. The maximum Gasteiger partial charge on any atom is 0.344 e. The highest BCUT2D eigenvalue weighted by molar-refractivity contribution is 5.96. The largest absolute Gasteiger partial charge is 0.482 e. The number of hydrogen-bond acceptors (Lipinski definition) is 13. The van der Waals surface area contributed by atoms with Gasteiger partial charge in [0.15, 0.2) is 24.1 Å². The molecule has 1 heterocycles. The molecule has 52 heavy (non-hydrogen) atoms. The third kappa shape index (κ3) is 5.88. The van der Waals surface area contributed by atoms with Gasteiger partial charge in [-0.15, -0.1) is 0 Å². The Hall–Kier alpha value is -4.59. The Morgan fingerprint density at radius 2 is 1.54 bits per heavy atom. The van der Waals surface area contributed by atoms with Crippen LogP contribution < -0.4 is 4.74 Å². The molecule has 9 atom stereocenters. The van der Waals surface area contributed by atoms with E-state index in [-0.39, 0.29) is 36.2 Å². The molecule has 2 bridgehead atoms. The second kappa shape index (κ2) is 13.4. The van der Waals surface area contributed by atoms with Crippen LogP contribution in [0, 0.1) is 16.7 Å². The Labute approximate surface area is 301 Å². The number of aliphatic hydroxyl groups is 2. The first-order chi connectivity index (χ1) is 24.5. The Morgan fingerprint density at radius 3 is 2.12 bits per heavy atom. The van der Waals surface area contributed by atoms with Gasteiger partial charge in [-0.1, -0.05) is 50.2 Å². The lowest BCUT2D eigenvalue weighted by Crippen LogP contribution is -2.82. The number of Topliss-reactive ketones (excluding diaryl/α,β-unsaturated/α-hetero) is 1. The Bertz CT molecular complexity index is 1790. The van der Waals surface area contributed by atoms with Crippen molar-refractivity contribution in [3.8, 4) is 5.75 Å². The first-order valence-corrected chi connectivity index (χ1v) is 17.2. The highest BCUT2D eigenvalue weighted by Gasteiger charge is 2.79. The number of ketones is 1. The van der Waals surface area contributed by atoms with Crippen LogP contribution in [0.2, 0.25) is 0 Å². The van der Waals surface area contributed by atoms with E-state index >= 15 is 4.79 Å². The molecule has 0 amide bonds. The summed E-state index contributed by atoms with van der Waals surface area (Å²) in [6.45, 7) is 7.78. The molecule has 0 aromatic heterocycles. The van der Waals surface area contributed by atoms with Crippen molar-refractivity contribution >= 4 is 29.7 Å². The number of carbonyl (C=O) groups is 5. The molecule has 0 radical (unpaired) electrons. The van der Waals surface area contributed by atoms with Crippen molar-refractivity contribution in [3.05, 3.63) is 77.4 Å². The van der Waals surface area contributed by atoms with Gasteiger partial charge in [-0.3, -0.25) is 14.4 Å². The monoisotopic (exact) mass is 720 g/mol. The zero-order chi connectivity index (χ0) is 37.8. The van der Waals surface area contributed by atoms with E-state index < -0.39 is 94.7 Å². The van der Waals surface area contributed by atoms with Gasteiger partial charge in [0.25, 0.3) is 0 Å². The van der Waals surface area contributed by atoms with Gasteiger partial charge >= 0.3 is 23.9 Å². The van der Waals surface area contributed by atoms with Crippen LogP contribution in [0.1, 0.15) is 64.7 Å². The van der Waals surface area contributed by atoms with Crippen molar-refractivity contribution in [2.75, 3.05) is 13.2 Å². The molecule has 2 saturated carbocycles. The van der Waals surface area contributed by atoms with Gasteiger partial charge in [-0.25, -0.2) is 9.59 Å². The number of fused-ring (bicyclic) bond motifs is 5. The van der Waals surface area contributed by atoms with Crippen molar-refractivity contribution in [1.29, 1.82) is 0 Å². The average molecular weight is 721 g/mol. The fourth-order valence-corrected chi connectivity index (χ4v) is 8.91. The van der Waals surface area contributed by atoms with Crippen LogP contribution in [0.25, 0.3) is 0 Å². The number of benzene rings is 2. The maximum absolute atomic E-state index is 15.5. The summed E-state index contributed by atoms with van der Waals surface area (Å²) in [6, 6.07) is 16.5. The van der Waals surface area contributed by atoms with Crippen molar-refractivity contribution in [2.45, 2.75) is 96.1 Å². The van der Waals surface area contributed by atoms with Crippen LogP contribution >= 0.6 is 0 Å². The summed E-state index contributed by atoms with van der Waals surface area (Å²) in [5, 5.41) is 24.7. The minimum atomic E-state index is -2.20. The molecule has 278 valence electrons. The molecule has 2 aromatic rings. The van der Waals surface area contributed by atoms with Crippen LogP contribution in [0.3, 0.4) is 0 Å². The van der Waals surface area contributed by atoms with Gasteiger partial charge in [0, 0.05) is 32.1 Å². The first-order valence-electron chi connectivity index (χ1n) is 17.2. The number of hydrogen-bond donors (Lipinski definition) is 2. The van der Waals surface area contributed by atoms with Gasteiger partial charge in [-0.05, 0) is 49.3 Å². The van der Waals surface area contributed by atoms with E-state index in [1.807, 2.05) is 0 Å². The molecular formula is C39H44O13. The Kier molecular flexibility index (Phi) is 9.60. The van der Waals surface area contributed by atoms with E-state index in [1.165, 1.54) is 26.0 Å². The molecule has 3 aliphatic carbocycles. The molecule has 6 rings (SSSR count). The van der Waals surface area contributed by atoms with E-state index in [2.05, 4.69) is 0 Å². The second-order valence-electron chi connectivity index (χ2n) is 14.8. The van der Waals surface area contributed by atoms with Crippen LogP contribution in [-0.4, -0.2) is 94.8 Å². The molecule has 3 fully saturated rings. The van der Waals surface area contributed by atoms with E-state index in [0.29, 0.717) is 5.75 Å². The molecule has 1 saturated heterocycles. The van der Waals surface area contributed by atoms with Gasteiger partial charge in [0.2, 0.25) is 0 Å². The normalized spacial score (nSPS) is 34.6. The summed E-state index contributed by atoms with van der Waals surface area (Å²) in [4.78, 5) is 68.8. The third-order valence-electron chi connectivity index (χ3n) is 11.5. The number of aliphatic hydroxyl groups excluding tert-OH is 1. The zero-order valence-corrected chi connectivity index (χ0v) is 30.0. The van der Waals surface area contributed by atoms with Crippen molar-refractivity contribution in [1.82, 2.24) is 0 Å². The summed E-state index contributed by atoms with van der Waals surface area (Å²) in [7, 11) is 0. The number of carbonyl (C=O) groups excluding carboxylic acids is 5. The standard InChI is InChI=1S/C39H44O13/c1-21-26(42)18-39(46)34(51-35(45)24-13-9-7-10-14-24)32-37(6,33(44)31(49-22(2)40)30(21)36(39,4)5)27(17-28-38(32,20-48-28)52-23(3)41)50-29(43)19-47-25-15-11-8-12-16-25/h7-16,26-28,31-32,34,42,46H,17-20H2,1-6H3/t26-,27-,28+,31+,32-,34-,37+,38-,39+/m0/s1. The molecule has 1 aliphatic heterocycles. The molecular weight excluding hydrogens is 676 g/mol. The van der Waals surface area contributed by atoms with Crippen LogP contribution in [-0.2, 0) is 42.9 Å². The van der Waals surface area contributed by atoms with Crippen LogP contribution in [0.5, 0.6) is 5.75 Å². The summed E-state index contributed by atoms with van der Waals surface area (Å²) in [6.07, 6.45) is -7.65. The van der Waals surface area contributed by atoms with E-state index in [9.17, 15) is 29.4 Å². The SMILES string of the molecule is CC(=O)O[C@H]1C(=O)[C@]2(C)[C@@H](OC(=O)COc3ccccc3)C[C@H]3OC[C@@]3(OC(C)=O)[C@H]2[C@H](OC(=O)c2ccccc2)[C@]2(O)C[C@H](O)C(C)=C1C2(C)C. The Morgan fingerprint density at radius 1 is 0.904 bits per heavy atom. The van der Waals surface area contributed by atoms with Crippen LogP contribution in [0.4, 0.5) is 0 Å².